The Balaban J connectivity index is 2.18. The van der Waals surface area contributed by atoms with E-state index in [1.165, 1.54) is 6.92 Å². The number of rotatable bonds is 5. The number of benzene rings is 2. The highest BCUT2D eigenvalue weighted by Crippen LogP contribution is 2.42. The summed E-state index contributed by atoms with van der Waals surface area (Å²) in [5, 5.41) is 13.3. The number of carbonyl (C=O) groups is 3. The molecule has 0 fully saturated rings. The van der Waals surface area contributed by atoms with Crippen molar-refractivity contribution in [3.05, 3.63) is 59.2 Å². The molecule has 0 radical (unpaired) electrons. The zero-order valence-corrected chi connectivity index (χ0v) is 17.9. The average Bonchev–Trinajstić information content (AvgIpc) is 2.70. The van der Waals surface area contributed by atoms with Crippen LogP contribution in [0.3, 0.4) is 0 Å². The van der Waals surface area contributed by atoms with Crippen LogP contribution in [0.4, 0.5) is 5.69 Å². The summed E-state index contributed by atoms with van der Waals surface area (Å²) in [6.45, 7) is 4.59. The lowest BCUT2D eigenvalue weighted by molar-refractivity contribution is -0.126. The molecule has 156 valence electrons. The number of anilines is 1. The maximum Gasteiger partial charge on any atom is 0.259 e. The smallest absolute Gasteiger partial charge is 0.259 e. The van der Waals surface area contributed by atoms with E-state index >= 15 is 0 Å². The molecular weight excluding hydrogens is 380 g/mol. The molecule has 0 saturated carbocycles. The van der Waals surface area contributed by atoms with Crippen LogP contribution in [0.2, 0.25) is 0 Å². The van der Waals surface area contributed by atoms with E-state index in [2.05, 4.69) is 5.32 Å². The van der Waals surface area contributed by atoms with Gasteiger partial charge in [0, 0.05) is 30.9 Å². The van der Waals surface area contributed by atoms with Gasteiger partial charge in [0.2, 0.25) is 0 Å². The minimum atomic E-state index is -0.996. The number of amides is 1. The number of aliphatic hydroxyl groups is 1. The second-order valence-electron chi connectivity index (χ2n) is 8.23. The van der Waals surface area contributed by atoms with Gasteiger partial charge in [0.05, 0.1) is 12.0 Å². The molecule has 0 bridgehead atoms. The van der Waals surface area contributed by atoms with E-state index in [1.807, 2.05) is 55.4 Å². The number of nitrogens with one attached hydrogen (secondary N) is 1. The standard InChI is InChI=1S/C24H26N2O4/c1-14(27)13-25-23(30)20-21(28)17-12-15(10-11-18(17)24(2,3)22(20)29)16-8-6-7-9-19(16)26(4)5/h6-12,28H,13H2,1-5H3,(H,25,30). The van der Waals surface area contributed by atoms with E-state index in [1.54, 1.807) is 19.9 Å². The summed E-state index contributed by atoms with van der Waals surface area (Å²) >= 11 is 0. The molecule has 1 aliphatic rings. The van der Waals surface area contributed by atoms with Gasteiger partial charge >= 0.3 is 0 Å². The predicted molar refractivity (Wildman–Crippen MR) is 117 cm³/mol. The second-order valence-corrected chi connectivity index (χ2v) is 8.23. The highest BCUT2D eigenvalue weighted by atomic mass is 16.3. The summed E-state index contributed by atoms with van der Waals surface area (Å²) < 4.78 is 0. The maximum absolute atomic E-state index is 13.0. The summed E-state index contributed by atoms with van der Waals surface area (Å²) in [4.78, 5) is 38.9. The molecule has 3 rings (SSSR count). The predicted octanol–water partition coefficient (Wildman–Crippen LogP) is 3.25. The molecule has 0 saturated heterocycles. The molecule has 2 N–H and O–H groups in total. The lowest BCUT2D eigenvalue weighted by atomic mass is 9.70. The fourth-order valence-corrected chi connectivity index (χ4v) is 3.74. The summed E-state index contributed by atoms with van der Waals surface area (Å²) in [6, 6.07) is 13.4. The van der Waals surface area contributed by atoms with Crippen LogP contribution in [0.1, 0.15) is 31.9 Å². The number of fused-ring (bicyclic) bond motifs is 1. The van der Waals surface area contributed by atoms with Crippen LogP contribution < -0.4 is 10.2 Å². The van der Waals surface area contributed by atoms with Gasteiger partial charge in [-0.05, 0) is 44.0 Å². The molecule has 1 aliphatic carbocycles. The highest BCUT2D eigenvalue weighted by molar-refractivity contribution is 6.28. The Morgan fingerprint density at radius 2 is 1.73 bits per heavy atom. The third kappa shape index (κ3) is 3.61. The van der Waals surface area contributed by atoms with Gasteiger partial charge in [0.25, 0.3) is 5.91 Å². The lowest BCUT2D eigenvalue weighted by Crippen LogP contribution is -2.42. The molecule has 6 nitrogen and oxygen atoms in total. The normalized spacial score (nSPS) is 14.9. The van der Waals surface area contributed by atoms with Gasteiger partial charge in [0.15, 0.2) is 5.78 Å². The second kappa shape index (κ2) is 7.78. The Bertz CT molecular complexity index is 1080. The van der Waals surface area contributed by atoms with Crippen molar-refractivity contribution in [2.45, 2.75) is 26.2 Å². The number of Topliss-reactive ketones (excluding diaryl/α,β-unsaturated/α-hetero) is 2. The average molecular weight is 406 g/mol. The summed E-state index contributed by atoms with van der Waals surface area (Å²) in [5.41, 5.74) is 2.62. The molecule has 2 aromatic carbocycles. The van der Waals surface area contributed by atoms with Crippen molar-refractivity contribution in [1.82, 2.24) is 5.32 Å². The van der Waals surface area contributed by atoms with E-state index in [4.69, 9.17) is 0 Å². The van der Waals surface area contributed by atoms with Crippen molar-refractivity contribution in [3.8, 4) is 11.1 Å². The minimum absolute atomic E-state index is 0.202. The molecule has 0 heterocycles. The molecule has 0 spiro atoms. The van der Waals surface area contributed by atoms with Crippen LogP contribution in [0.15, 0.2) is 48.0 Å². The van der Waals surface area contributed by atoms with Gasteiger partial charge in [-0.15, -0.1) is 0 Å². The molecule has 0 aromatic heterocycles. The molecular formula is C24H26N2O4. The Labute approximate surface area is 176 Å². The van der Waals surface area contributed by atoms with Gasteiger partial charge in [0.1, 0.15) is 17.1 Å². The molecule has 30 heavy (non-hydrogen) atoms. The first-order chi connectivity index (χ1) is 14.1. The number of carbonyl (C=O) groups excluding carboxylic acids is 3. The Hall–Kier alpha value is -3.41. The Kier molecular flexibility index (Phi) is 5.53. The largest absolute Gasteiger partial charge is 0.506 e. The van der Waals surface area contributed by atoms with Crippen molar-refractivity contribution in [1.29, 1.82) is 0 Å². The van der Waals surface area contributed by atoms with E-state index in [0.717, 1.165) is 16.8 Å². The molecule has 0 atom stereocenters. The van der Waals surface area contributed by atoms with Crippen LogP contribution in [-0.2, 0) is 19.8 Å². The summed E-state index contributed by atoms with van der Waals surface area (Å²) in [7, 11) is 3.90. The number of ketones is 2. The third-order valence-corrected chi connectivity index (χ3v) is 5.40. The topological polar surface area (TPSA) is 86.7 Å². The van der Waals surface area contributed by atoms with Crippen molar-refractivity contribution in [2.24, 2.45) is 0 Å². The fourth-order valence-electron chi connectivity index (χ4n) is 3.74. The Morgan fingerprint density at radius 3 is 2.37 bits per heavy atom. The number of aliphatic hydroxyl groups excluding tert-OH is 1. The monoisotopic (exact) mass is 406 g/mol. The van der Waals surface area contributed by atoms with Crippen molar-refractivity contribution in [2.75, 3.05) is 25.5 Å². The third-order valence-electron chi connectivity index (χ3n) is 5.40. The maximum atomic E-state index is 13.0. The summed E-state index contributed by atoms with van der Waals surface area (Å²) in [6.07, 6.45) is 0. The van der Waals surface area contributed by atoms with E-state index in [0.29, 0.717) is 11.1 Å². The quantitative estimate of drug-likeness (QED) is 0.745. The number of nitrogens with zero attached hydrogens (tertiary/aromatic N) is 1. The Morgan fingerprint density at radius 1 is 1.07 bits per heavy atom. The van der Waals surface area contributed by atoms with Gasteiger partial charge in [-0.25, -0.2) is 0 Å². The summed E-state index contributed by atoms with van der Waals surface area (Å²) in [5.74, 6) is -1.82. The molecule has 2 aromatic rings. The number of hydrogen-bond acceptors (Lipinski definition) is 5. The van der Waals surface area contributed by atoms with Crippen molar-refractivity contribution in [3.63, 3.8) is 0 Å². The molecule has 0 unspecified atom stereocenters. The van der Waals surface area contributed by atoms with E-state index < -0.39 is 17.1 Å². The van der Waals surface area contributed by atoms with Crippen LogP contribution in [0, 0.1) is 0 Å². The first-order valence-electron chi connectivity index (χ1n) is 9.73. The number of para-hydroxylation sites is 1. The lowest BCUT2D eigenvalue weighted by Gasteiger charge is -2.32. The van der Waals surface area contributed by atoms with Crippen LogP contribution in [0.5, 0.6) is 0 Å². The minimum Gasteiger partial charge on any atom is -0.506 e. The van der Waals surface area contributed by atoms with Gasteiger partial charge in [-0.3, -0.25) is 14.4 Å². The zero-order chi connectivity index (χ0) is 22.2. The van der Waals surface area contributed by atoms with Gasteiger partial charge < -0.3 is 15.3 Å². The van der Waals surface area contributed by atoms with Gasteiger partial charge in [-0.1, -0.05) is 30.3 Å². The molecule has 1 amide bonds. The number of hydrogen-bond donors (Lipinski definition) is 2. The van der Waals surface area contributed by atoms with Crippen LogP contribution in [-0.4, -0.2) is 43.2 Å². The first-order valence-corrected chi connectivity index (χ1v) is 9.73. The van der Waals surface area contributed by atoms with Gasteiger partial charge in [-0.2, -0.15) is 0 Å². The zero-order valence-electron chi connectivity index (χ0n) is 17.9. The van der Waals surface area contributed by atoms with E-state index in [-0.39, 0.29) is 23.7 Å². The fraction of sp³-hybridized carbons (Fsp3) is 0.292. The molecule has 0 aliphatic heterocycles. The van der Waals surface area contributed by atoms with E-state index in [9.17, 15) is 19.5 Å². The highest BCUT2D eigenvalue weighted by Gasteiger charge is 2.43. The SMILES string of the molecule is CC(=O)CNC(=O)C1=C(O)c2cc(-c3ccccc3N(C)C)ccc2C(C)(C)C1=O. The van der Waals surface area contributed by atoms with Crippen LogP contribution in [0.25, 0.3) is 16.9 Å². The van der Waals surface area contributed by atoms with Crippen molar-refractivity contribution < 1.29 is 19.5 Å². The van der Waals surface area contributed by atoms with Crippen molar-refractivity contribution >= 4 is 28.9 Å². The first kappa shape index (κ1) is 21.3. The molecule has 6 heteroatoms. The van der Waals surface area contributed by atoms with Crippen LogP contribution >= 0.6 is 0 Å².